The summed E-state index contributed by atoms with van der Waals surface area (Å²) in [6.45, 7) is 1.71. The van der Waals surface area contributed by atoms with E-state index in [1.807, 2.05) is 24.3 Å². The van der Waals surface area contributed by atoms with Crippen LogP contribution >= 0.6 is 35.6 Å². The fourth-order valence-electron chi connectivity index (χ4n) is 1.57. The number of amides is 1. The Labute approximate surface area is 153 Å². The summed E-state index contributed by atoms with van der Waals surface area (Å²) in [5, 5.41) is 9.45. The van der Waals surface area contributed by atoms with Gasteiger partial charge in [-0.1, -0.05) is 23.7 Å². The van der Waals surface area contributed by atoms with E-state index in [4.69, 9.17) is 16.3 Å². The minimum atomic E-state index is -0.113. The first-order valence-corrected chi connectivity index (χ1v) is 6.98. The molecule has 0 aliphatic heterocycles. The molecule has 0 saturated carbocycles. The first kappa shape index (κ1) is 20.9. The van der Waals surface area contributed by atoms with Gasteiger partial charge < -0.3 is 20.7 Å². The lowest BCUT2D eigenvalue weighted by Gasteiger charge is -2.12. The summed E-state index contributed by atoms with van der Waals surface area (Å²) in [4.78, 5) is 15.6. The molecule has 8 heteroatoms. The Kier molecular flexibility index (Phi) is 11.9. The van der Waals surface area contributed by atoms with Crippen molar-refractivity contribution in [3.05, 3.63) is 34.9 Å². The zero-order chi connectivity index (χ0) is 15.5. The number of hydrogen-bond acceptors (Lipinski definition) is 3. The lowest BCUT2D eigenvalue weighted by atomic mass is 10.2. The van der Waals surface area contributed by atoms with Crippen LogP contribution in [0.15, 0.2) is 29.3 Å². The second-order valence-electron chi connectivity index (χ2n) is 4.25. The predicted octanol–water partition coefficient (Wildman–Crippen LogP) is 1.39. The standard InChI is InChI=1S/C14H21ClN4O2.HI/c1-16-14(19-10-13(20)17-6-7-21-2)18-9-11-4-3-5-12(15)8-11;/h3-5,8H,6-7,9-10H2,1-2H3,(H,17,20)(H2,16,18,19);1H. The molecular formula is C14H22ClIN4O2. The van der Waals surface area contributed by atoms with Crippen molar-refractivity contribution in [2.24, 2.45) is 4.99 Å². The number of aliphatic imine (C=N–C) groups is 1. The van der Waals surface area contributed by atoms with Crippen molar-refractivity contribution in [1.82, 2.24) is 16.0 Å². The van der Waals surface area contributed by atoms with Gasteiger partial charge in [0.1, 0.15) is 0 Å². The van der Waals surface area contributed by atoms with Crippen molar-refractivity contribution in [2.75, 3.05) is 33.9 Å². The first-order chi connectivity index (χ1) is 10.2. The number of carbonyl (C=O) groups excluding carboxylic acids is 1. The van der Waals surface area contributed by atoms with Gasteiger partial charge in [0.2, 0.25) is 5.91 Å². The normalized spacial score (nSPS) is 10.6. The van der Waals surface area contributed by atoms with E-state index < -0.39 is 0 Å². The average Bonchev–Trinajstić information content (AvgIpc) is 2.48. The van der Waals surface area contributed by atoms with Crippen molar-refractivity contribution < 1.29 is 9.53 Å². The molecule has 0 aromatic heterocycles. The Bertz CT molecular complexity index is 486. The molecule has 0 unspecified atom stereocenters. The van der Waals surface area contributed by atoms with Crippen molar-refractivity contribution in [1.29, 1.82) is 0 Å². The summed E-state index contributed by atoms with van der Waals surface area (Å²) in [6, 6.07) is 7.55. The second-order valence-corrected chi connectivity index (χ2v) is 4.69. The lowest BCUT2D eigenvalue weighted by Crippen LogP contribution is -2.43. The van der Waals surface area contributed by atoms with Gasteiger partial charge in [-0.25, -0.2) is 0 Å². The summed E-state index contributed by atoms with van der Waals surface area (Å²) in [7, 11) is 3.24. The Balaban J connectivity index is 0.00000441. The number of methoxy groups -OCH3 is 1. The molecule has 0 fully saturated rings. The Morgan fingerprint density at radius 3 is 2.73 bits per heavy atom. The van der Waals surface area contributed by atoms with Gasteiger partial charge in [-0.2, -0.15) is 0 Å². The van der Waals surface area contributed by atoms with Gasteiger partial charge in [0.05, 0.1) is 13.2 Å². The number of benzene rings is 1. The molecule has 0 atom stereocenters. The average molecular weight is 441 g/mol. The van der Waals surface area contributed by atoms with E-state index in [9.17, 15) is 4.79 Å². The third-order valence-electron chi connectivity index (χ3n) is 2.62. The molecule has 1 amide bonds. The molecule has 1 rings (SSSR count). The van der Waals surface area contributed by atoms with Crippen LogP contribution in [0, 0.1) is 0 Å². The van der Waals surface area contributed by atoms with Crippen molar-refractivity contribution in [3.8, 4) is 0 Å². The van der Waals surface area contributed by atoms with Gasteiger partial charge in [-0.15, -0.1) is 24.0 Å². The number of nitrogens with zero attached hydrogens (tertiary/aromatic N) is 1. The third-order valence-corrected chi connectivity index (χ3v) is 2.85. The number of ether oxygens (including phenoxy) is 1. The molecule has 0 aliphatic carbocycles. The van der Waals surface area contributed by atoms with Crippen LogP contribution < -0.4 is 16.0 Å². The Morgan fingerprint density at radius 1 is 1.32 bits per heavy atom. The molecule has 124 valence electrons. The van der Waals surface area contributed by atoms with E-state index >= 15 is 0 Å². The van der Waals surface area contributed by atoms with Crippen LogP contribution in [0.5, 0.6) is 0 Å². The molecule has 6 nitrogen and oxygen atoms in total. The van der Waals surface area contributed by atoms with Crippen LogP contribution in [-0.2, 0) is 16.1 Å². The van der Waals surface area contributed by atoms with Gasteiger partial charge in [0, 0.05) is 32.3 Å². The molecule has 0 radical (unpaired) electrons. The van der Waals surface area contributed by atoms with Crippen LogP contribution in [0.1, 0.15) is 5.56 Å². The van der Waals surface area contributed by atoms with Gasteiger partial charge >= 0.3 is 0 Å². The third kappa shape index (κ3) is 9.06. The topological polar surface area (TPSA) is 74.8 Å². The summed E-state index contributed by atoms with van der Waals surface area (Å²) < 4.78 is 4.85. The van der Waals surface area contributed by atoms with Crippen LogP contribution in [0.25, 0.3) is 0 Å². The molecule has 1 aromatic carbocycles. The van der Waals surface area contributed by atoms with Crippen LogP contribution in [0.2, 0.25) is 5.02 Å². The Hall–Kier alpha value is -1.06. The van der Waals surface area contributed by atoms with E-state index in [0.717, 1.165) is 5.56 Å². The lowest BCUT2D eigenvalue weighted by molar-refractivity contribution is -0.120. The summed E-state index contributed by atoms with van der Waals surface area (Å²) in [5.74, 6) is 0.439. The quantitative estimate of drug-likeness (QED) is 0.259. The molecule has 0 bridgehead atoms. The number of halogens is 2. The predicted molar refractivity (Wildman–Crippen MR) is 100.0 cm³/mol. The number of rotatable bonds is 7. The highest BCUT2D eigenvalue weighted by molar-refractivity contribution is 14.0. The maximum atomic E-state index is 11.5. The minimum Gasteiger partial charge on any atom is -0.383 e. The number of guanidine groups is 1. The number of nitrogens with one attached hydrogen (secondary N) is 3. The fourth-order valence-corrected chi connectivity index (χ4v) is 1.79. The van der Waals surface area contributed by atoms with Gasteiger partial charge in [-0.3, -0.25) is 9.79 Å². The van der Waals surface area contributed by atoms with Crippen molar-refractivity contribution in [2.45, 2.75) is 6.54 Å². The molecule has 3 N–H and O–H groups in total. The van der Waals surface area contributed by atoms with Gasteiger partial charge in [0.15, 0.2) is 5.96 Å². The zero-order valence-corrected chi connectivity index (χ0v) is 15.8. The molecule has 0 heterocycles. The minimum absolute atomic E-state index is 0. The van der Waals surface area contributed by atoms with Crippen molar-refractivity contribution in [3.63, 3.8) is 0 Å². The van der Waals surface area contributed by atoms with Gasteiger partial charge in [-0.05, 0) is 17.7 Å². The summed E-state index contributed by atoms with van der Waals surface area (Å²) in [5.41, 5.74) is 1.04. The number of hydrogen-bond donors (Lipinski definition) is 3. The molecular weight excluding hydrogens is 419 g/mol. The van der Waals surface area contributed by atoms with Crippen LogP contribution in [0.3, 0.4) is 0 Å². The van der Waals surface area contributed by atoms with E-state index in [1.54, 1.807) is 14.2 Å². The molecule has 0 saturated heterocycles. The molecule has 1 aromatic rings. The largest absolute Gasteiger partial charge is 0.383 e. The fraction of sp³-hybridized carbons (Fsp3) is 0.429. The summed E-state index contributed by atoms with van der Waals surface area (Å²) in [6.07, 6.45) is 0. The highest BCUT2D eigenvalue weighted by Crippen LogP contribution is 2.09. The first-order valence-electron chi connectivity index (χ1n) is 6.60. The molecule has 0 spiro atoms. The molecule has 22 heavy (non-hydrogen) atoms. The molecule has 0 aliphatic rings. The SMILES string of the molecule is CN=C(NCC(=O)NCCOC)NCc1cccc(Cl)c1.I. The summed E-state index contributed by atoms with van der Waals surface area (Å²) >= 11 is 5.92. The monoisotopic (exact) mass is 440 g/mol. The van der Waals surface area contributed by atoms with E-state index in [-0.39, 0.29) is 36.4 Å². The van der Waals surface area contributed by atoms with Crippen LogP contribution in [-0.4, -0.2) is 45.7 Å². The number of carbonyl (C=O) groups is 1. The second kappa shape index (κ2) is 12.5. The van der Waals surface area contributed by atoms with Crippen LogP contribution in [0.4, 0.5) is 0 Å². The van der Waals surface area contributed by atoms with E-state index in [2.05, 4.69) is 20.9 Å². The highest BCUT2D eigenvalue weighted by atomic mass is 127. The van der Waals surface area contributed by atoms with E-state index in [1.165, 1.54) is 0 Å². The maximum Gasteiger partial charge on any atom is 0.239 e. The Morgan fingerprint density at radius 2 is 2.09 bits per heavy atom. The highest BCUT2D eigenvalue weighted by Gasteiger charge is 2.03. The van der Waals surface area contributed by atoms with Crippen molar-refractivity contribution >= 4 is 47.4 Å². The van der Waals surface area contributed by atoms with E-state index in [0.29, 0.717) is 30.7 Å². The van der Waals surface area contributed by atoms with Gasteiger partial charge in [0.25, 0.3) is 0 Å². The maximum absolute atomic E-state index is 11.5. The zero-order valence-electron chi connectivity index (χ0n) is 12.7. The smallest absolute Gasteiger partial charge is 0.239 e.